The summed E-state index contributed by atoms with van der Waals surface area (Å²) < 4.78 is 98.3. The molecule has 1 spiro atoms. The molecule has 1 aromatic carbocycles. The van der Waals surface area contributed by atoms with Gasteiger partial charge in [-0.1, -0.05) is 26.1 Å². The number of aliphatic imine (C=N–C) groups is 1. The summed E-state index contributed by atoms with van der Waals surface area (Å²) in [5, 5.41) is 2.82. The number of ether oxygens (including phenoxy) is 4. The van der Waals surface area contributed by atoms with Gasteiger partial charge in [0.2, 0.25) is 0 Å². The number of halogens is 5. The Morgan fingerprint density at radius 3 is 2.36 bits per heavy atom. The van der Waals surface area contributed by atoms with Crippen molar-refractivity contribution in [1.29, 1.82) is 0 Å². The number of aromatic nitrogens is 2. The minimum absolute atomic E-state index is 0.0193. The van der Waals surface area contributed by atoms with Crippen LogP contribution in [-0.4, -0.2) is 62.8 Å². The summed E-state index contributed by atoms with van der Waals surface area (Å²) in [5.74, 6) is -2.99. The second-order valence-electron chi connectivity index (χ2n) is 13.2. The van der Waals surface area contributed by atoms with E-state index in [1.165, 1.54) is 23.0 Å². The number of pyridine rings is 1. The molecule has 2 fully saturated rings. The highest BCUT2D eigenvalue weighted by Crippen LogP contribution is 2.57. The van der Waals surface area contributed by atoms with Gasteiger partial charge in [0.15, 0.2) is 17.4 Å². The summed E-state index contributed by atoms with van der Waals surface area (Å²) in [7, 11) is -1.39. The number of hydrogen-bond donors (Lipinski definition) is 1. The Labute approximate surface area is 252 Å². The van der Waals surface area contributed by atoms with Crippen LogP contribution in [-0.2, 0) is 26.4 Å². The van der Waals surface area contributed by atoms with Crippen molar-refractivity contribution in [2.24, 2.45) is 10.4 Å². The number of benzene rings is 1. The fourth-order valence-corrected chi connectivity index (χ4v) is 6.42. The summed E-state index contributed by atoms with van der Waals surface area (Å²) in [6.45, 7) is 8.96. The molecule has 0 bridgehead atoms. The van der Waals surface area contributed by atoms with Crippen molar-refractivity contribution >= 4 is 30.8 Å². The fourth-order valence-electron chi connectivity index (χ4n) is 5.67. The first-order valence-corrected chi connectivity index (χ1v) is 18.3. The number of rotatable bonds is 9. The largest absolute Gasteiger partial charge is 0.464 e. The molecule has 3 aliphatic rings. The van der Waals surface area contributed by atoms with E-state index in [0.717, 1.165) is 18.2 Å². The molecular formula is C30H35F5N4O4Si. The van der Waals surface area contributed by atoms with Crippen LogP contribution in [0.4, 0.5) is 27.6 Å². The van der Waals surface area contributed by atoms with Crippen LogP contribution in [0.25, 0.3) is 11.0 Å². The maximum Gasteiger partial charge on any atom is 0.398 e. The second kappa shape index (κ2) is 11.3. The van der Waals surface area contributed by atoms with Crippen LogP contribution in [0, 0.1) is 17.0 Å². The average molecular weight is 639 g/mol. The molecule has 1 saturated carbocycles. The third-order valence-corrected chi connectivity index (χ3v) is 10.3. The number of nitrogens with zero attached hydrogens (tertiary/aromatic N) is 3. The smallest absolute Gasteiger partial charge is 0.398 e. The number of fused-ring (bicyclic) bond motifs is 1. The highest BCUT2D eigenvalue weighted by molar-refractivity contribution is 6.76. The molecule has 1 saturated heterocycles. The van der Waals surface area contributed by atoms with Gasteiger partial charge in [-0.25, -0.2) is 18.8 Å². The van der Waals surface area contributed by atoms with Gasteiger partial charge in [-0.2, -0.15) is 13.2 Å². The Kier molecular flexibility index (Phi) is 7.90. The lowest BCUT2D eigenvalue weighted by Crippen LogP contribution is -2.51. The molecule has 238 valence electrons. The van der Waals surface area contributed by atoms with Gasteiger partial charge < -0.3 is 28.8 Å². The molecule has 4 heterocycles. The van der Waals surface area contributed by atoms with Crippen molar-refractivity contribution in [3.8, 4) is 11.5 Å². The van der Waals surface area contributed by atoms with Crippen LogP contribution < -0.4 is 10.1 Å². The van der Waals surface area contributed by atoms with Crippen molar-refractivity contribution in [1.82, 2.24) is 9.55 Å². The van der Waals surface area contributed by atoms with Crippen LogP contribution in [0.3, 0.4) is 0 Å². The zero-order chi connectivity index (χ0) is 31.3. The molecule has 3 aromatic rings. The van der Waals surface area contributed by atoms with E-state index in [2.05, 4.69) is 34.9 Å². The first-order chi connectivity index (χ1) is 20.8. The molecule has 2 aromatic heterocycles. The van der Waals surface area contributed by atoms with Gasteiger partial charge in [0.25, 0.3) is 6.02 Å². The van der Waals surface area contributed by atoms with E-state index in [0.29, 0.717) is 39.4 Å². The maximum absolute atomic E-state index is 15.3. The normalized spacial score (nSPS) is 19.2. The fraction of sp³-hybridized carbons (Fsp3) is 0.533. The van der Waals surface area contributed by atoms with Gasteiger partial charge in [0, 0.05) is 44.9 Å². The molecular weight excluding hydrogens is 603 g/mol. The molecule has 14 heteroatoms. The summed E-state index contributed by atoms with van der Waals surface area (Å²) >= 11 is 0. The Bertz CT molecular complexity index is 1550. The first kappa shape index (κ1) is 30.8. The molecule has 0 atom stereocenters. The Morgan fingerprint density at radius 2 is 1.82 bits per heavy atom. The predicted octanol–water partition coefficient (Wildman–Crippen LogP) is 7.22. The van der Waals surface area contributed by atoms with E-state index >= 15 is 8.78 Å². The Morgan fingerprint density at radius 1 is 1.09 bits per heavy atom. The molecule has 8 nitrogen and oxygen atoms in total. The van der Waals surface area contributed by atoms with Crippen molar-refractivity contribution in [3.63, 3.8) is 0 Å². The van der Waals surface area contributed by atoms with Gasteiger partial charge in [0.05, 0.1) is 36.0 Å². The van der Waals surface area contributed by atoms with Crippen molar-refractivity contribution in [2.45, 2.75) is 63.3 Å². The predicted molar refractivity (Wildman–Crippen MR) is 157 cm³/mol. The topological polar surface area (TPSA) is 79.1 Å². The number of hydrogen-bond acceptors (Lipinski definition) is 7. The SMILES string of the molecule is C[Si](C)(C)CCOCn1cc(C2(C(F)(F)F)CCC2)c2c(Oc3c(F)cc(NC4=NCC5(COC5)CO4)cc3F)ccnc21. The zero-order valence-electron chi connectivity index (χ0n) is 24.8. The van der Waals surface area contributed by atoms with E-state index in [1.54, 1.807) is 0 Å². The van der Waals surface area contributed by atoms with Gasteiger partial charge >= 0.3 is 6.18 Å². The maximum atomic E-state index is 15.3. The third-order valence-electron chi connectivity index (χ3n) is 8.56. The number of anilines is 1. The molecule has 0 radical (unpaired) electrons. The summed E-state index contributed by atoms with van der Waals surface area (Å²) in [6, 6.07) is 4.36. The average Bonchev–Trinajstić information content (AvgIpc) is 3.25. The van der Waals surface area contributed by atoms with Crippen molar-refractivity contribution in [2.75, 3.05) is 38.3 Å². The minimum Gasteiger partial charge on any atom is -0.464 e. The summed E-state index contributed by atoms with van der Waals surface area (Å²) in [4.78, 5) is 8.65. The van der Waals surface area contributed by atoms with Crippen LogP contribution in [0.5, 0.6) is 11.5 Å². The zero-order valence-corrected chi connectivity index (χ0v) is 25.8. The summed E-state index contributed by atoms with van der Waals surface area (Å²) in [6.07, 6.45) is -1.62. The Balaban J connectivity index is 1.31. The van der Waals surface area contributed by atoms with E-state index in [1.807, 2.05) is 0 Å². The molecule has 1 N–H and O–H groups in total. The van der Waals surface area contributed by atoms with Gasteiger partial charge in [-0.05, 0) is 30.5 Å². The quantitative estimate of drug-likeness (QED) is 0.152. The monoisotopic (exact) mass is 638 g/mol. The first-order valence-electron chi connectivity index (χ1n) is 14.6. The lowest BCUT2D eigenvalue weighted by atomic mass is 9.64. The van der Waals surface area contributed by atoms with Crippen molar-refractivity contribution in [3.05, 3.63) is 47.8 Å². The number of nitrogens with one attached hydrogen (secondary N) is 1. The van der Waals surface area contributed by atoms with E-state index < -0.39 is 37.0 Å². The van der Waals surface area contributed by atoms with Gasteiger partial charge in [-0.3, -0.25) is 0 Å². The third kappa shape index (κ3) is 5.78. The number of amidine groups is 1. The van der Waals surface area contributed by atoms with Crippen LogP contribution in [0.1, 0.15) is 24.8 Å². The van der Waals surface area contributed by atoms with E-state index in [9.17, 15) is 13.2 Å². The molecule has 0 amide bonds. The molecule has 6 rings (SSSR count). The standard InChI is InChI=1S/C30H35F5N4O4Si/c1-44(2,3)10-9-40-18-39-13-20(29(6-4-7-29)30(33,34)35)24-23(5-8-36-26(24)39)43-25-21(31)11-19(12-22(25)32)38-27-37-14-28(17-42-27)15-41-16-28/h5,8,11-13H,4,6-7,9-10,14-18H2,1-3H3,(H,37,38). The lowest BCUT2D eigenvalue weighted by molar-refractivity contribution is -0.212. The molecule has 44 heavy (non-hydrogen) atoms. The van der Waals surface area contributed by atoms with Gasteiger partial charge in [0.1, 0.15) is 24.7 Å². The van der Waals surface area contributed by atoms with Crippen LogP contribution in [0.15, 0.2) is 35.6 Å². The second-order valence-corrected chi connectivity index (χ2v) is 18.8. The lowest BCUT2D eigenvalue weighted by Gasteiger charge is -2.43. The minimum atomic E-state index is -4.55. The van der Waals surface area contributed by atoms with Crippen LogP contribution in [0.2, 0.25) is 25.7 Å². The van der Waals surface area contributed by atoms with Crippen LogP contribution >= 0.6 is 0 Å². The number of alkyl halides is 3. The molecule has 2 aliphatic heterocycles. The van der Waals surface area contributed by atoms with E-state index in [4.69, 9.17) is 18.9 Å². The molecule has 0 unspecified atom stereocenters. The summed E-state index contributed by atoms with van der Waals surface area (Å²) in [5.41, 5.74) is -2.09. The van der Waals surface area contributed by atoms with Crippen molar-refractivity contribution < 1.29 is 40.9 Å². The van der Waals surface area contributed by atoms with E-state index in [-0.39, 0.29) is 59.0 Å². The molecule has 1 aliphatic carbocycles. The Hall–Kier alpha value is -3.23. The van der Waals surface area contributed by atoms with Gasteiger partial charge in [-0.15, -0.1) is 0 Å². The highest BCUT2D eigenvalue weighted by Gasteiger charge is 2.60. The highest BCUT2D eigenvalue weighted by atomic mass is 28.3.